The number of piperidine rings is 1. The molecule has 1 aliphatic rings. The van der Waals surface area contributed by atoms with Gasteiger partial charge in [-0.05, 0) is 44.0 Å². The Bertz CT molecular complexity index is 394. The number of halogens is 1. The molecule has 3 heteroatoms. The van der Waals surface area contributed by atoms with E-state index in [0.29, 0.717) is 18.0 Å². The van der Waals surface area contributed by atoms with Crippen molar-refractivity contribution in [1.82, 2.24) is 5.32 Å². The molecule has 1 saturated heterocycles. The predicted octanol–water partition coefficient (Wildman–Crippen LogP) is 3.66. The first-order valence-corrected chi connectivity index (χ1v) is 7.68. The topological polar surface area (TPSA) is 15.3 Å². The van der Waals surface area contributed by atoms with Gasteiger partial charge in [-0.1, -0.05) is 35.8 Å². The van der Waals surface area contributed by atoms with Crippen LogP contribution >= 0.6 is 15.9 Å². The first-order valence-electron chi connectivity index (χ1n) is 6.89. The van der Waals surface area contributed by atoms with Crippen molar-refractivity contribution in [2.45, 2.75) is 39.3 Å². The molecule has 2 nitrogen and oxygen atoms in total. The summed E-state index contributed by atoms with van der Waals surface area (Å²) in [6.45, 7) is 9.10. The van der Waals surface area contributed by atoms with Crippen LogP contribution in [0.3, 0.4) is 0 Å². The number of nitrogens with one attached hydrogen (secondary N) is 1. The zero-order chi connectivity index (χ0) is 13.1. The second-order valence-electron chi connectivity index (χ2n) is 5.23. The van der Waals surface area contributed by atoms with Gasteiger partial charge in [0.1, 0.15) is 0 Å². The summed E-state index contributed by atoms with van der Waals surface area (Å²) in [5.41, 5.74) is 1.33. The Morgan fingerprint density at radius 3 is 2.83 bits per heavy atom. The molecule has 1 fully saturated rings. The van der Waals surface area contributed by atoms with E-state index in [4.69, 9.17) is 0 Å². The fraction of sp³-hybridized carbons (Fsp3) is 0.600. The molecule has 100 valence electrons. The van der Waals surface area contributed by atoms with Crippen LogP contribution in [0.1, 0.15) is 27.2 Å². The Kier molecular flexibility index (Phi) is 4.68. The Balaban J connectivity index is 2.12. The Morgan fingerprint density at radius 1 is 1.39 bits per heavy atom. The molecule has 0 spiro atoms. The van der Waals surface area contributed by atoms with Crippen LogP contribution in [0.15, 0.2) is 28.7 Å². The van der Waals surface area contributed by atoms with Crippen LogP contribution in [0.2, 0.25) is 0 Å². The van der Waals surface area contributed by atoms with Crippen molar-refractivity contribution in [2.75, 3.05) is 18.0 Å². The van der Waals surface area contributed by atoms with Crippen LogP contribution in [0.5, 0.6) is 0 Å². The summed E-state index contributed by atoms with van der Waals surface area (Å²) in [5, 5.41) is 3.61. The van der Waals surface area contributed by atoms with E-state index in [9.17, 15) is 0 Å². The lowest BCUT2D eigenvalue weighted by Gasteiger charge is -2.44. The molecule has 1 heterocycles. The van der Waals surface area contributed by atoms with Crippen molar-refractivity contribution < 1.29 is 0 Å². The maximum Gasteiger partial charge on any atom is 0.0380 e. The molecule has 0 aromatic heterocycles. The molecule has 0 aliphatic carbocycles. The highest BCUT2D eigenvalue weighted by molar-refractivity contribution is 9.10. The number of hydrogen-bond donors (Lipinski definition) is 1. The second-order valence-corrected chi connectivity index (χ2v) is 6.14. The summed E-state index contributed by atoms with van der Waals surface area (Å²) in [6, 6.07) is 9.87. The van der Waals surface area contributed by atoms with Gasteiger partial charge in [-0.3, -0.25) is 0 Å². The first-order chi connectivity index (χ1) is 8.63. The van der Waals surface area contributed by atoms with Gasteiger partial charge in [-0.25, -0.2) is 0 Å². The Morgan fingerprint density at radius 2 is 2.17 bits per heavy atom. The quantitative estimate of drug-likeness (QED) is 0.916. The maximum atomic E-state index is 3.61. The first kappa shape index (κ1) is 13.9. The fourth-order valence-corrected chi connectivity index (χ4v) is 3.32. The normalized spacial score (nSPS) is 28.4. The number of hydrogen-bond acceptors (Lipinski definition) is 2. The number of benzene rings is 1. The van der Waals surface area contributed by atoms with Gasteiger partial charge in [0.2, 0.25) is 0 Å². The van der Waals surface area contributed by atoms with Crippen molar-refractivity contribution in [3.05, 3.63) is 28.7 Å². The fourth-order valence-electron chi connectivity index (χ4n) is 2.93. The molecular formula is C15H23BrN2. The summed E-state index contributed by atoms with van der Waals surface area (Å²) in [5.74, 6) is 0.678. The van der Waals surface area contributed by atoms with Gasteiger partial charge in [-0.15, -0.1) is 0 Å². The lowest BCUT2D eigenvalue weighted by atomic mass is 9.86. The molecule has 1 aromatic carbocycles. The van der Waals surface area contributed by atoms with Gasteiger partial charge in [-0.2, -0.15) is 0 Å². The van der Waals surface area contributed by atoms with Crippen LogP contribution < -0.4 is 10.2 Å². The lowest BCUT2D eigenvalue weighted by molar-refractivity contribution is 0.274. The van der Waals surface area contributed by atoms with Crippen molar-refractivity contribution >= 4 is 21.6 Å². The molecule has 3 atom stereocenters. The highest BCUT2D eigenvalue weighted by atomic mass is 79.9. The summed E-state index contributed by atoms with van der Waals surface area (Å²) < 4.78 is 1.16. The van der Waals surface area contributed by atoms with E-state index in [1.165, 1.54) is 12.1 Å². The molecule has 0 saturated carbocycles. The third-order valence-electron chi connectivity index (χ3n) is 4.17. The summed E-state index contributed by atoms with van der Waals surface area (Å²) in [7, 11) is 0. The smallest absolute Gasteiger partial charge is 0.0380 e. The van der Waals surface area contributed by atoms with Gasteiger partial charge >= 0.3 is 0 Å². The molecule has 0 bridgehead atoms. The van der Waals surface area contributed by atoms with Crippen LogP contribution in [0.4, 0.5) is 5.69 Å². The Labute approximate surface area is 119 Å². The van der Waals surface area contributed by atoms with E-state index in [2.05, 4.69) is 71.2 Å². The van der Waals surface area contributed by atoms with Gasteiger partial charge in [0.15, 0.2) is 0 Å². The van der Waals surface area contributed by atoms with Crippen molar-refractivity contribution in [1.29, 1.82) is 0 Å². The third kappa shape index (κ3) is 2.89. The van der Waals surface area contributed by atoms with E-state index in [-0.39, 0.29) is 0 Å². The molecule has 1 N–H and O–H groups in total. The molecular weight excluding hydrogens is 288 g/mol. The van der Waals surface area contributed by atoms with E-state index in [0.717, 1.165) is 17.6 Å². The molecule has 0 radical (unpaired) electrons. The van der Waals surface area contributed by atoms with E-state index in [1.54, 1.807) is 0 Å². The molecule has 1 aliphatic heterocycles. The largest absolute Gasteiger partial charge is 0.368 e. The van der Waals surface area contributed by atoms with E-state index >= 15 is 0 Å². The summed E-state index contributed by atoms with van der Waals surface area (Å²) in [6.07, 6.45) is 1.23. The minimum atomic E-state index is 0.581. The Hall–Kier alpha value is -0.540. The zero-order valence-corrected chi connectivity index (χ0v) is 13.1. The average molecular weight is 311 g/mol. The van der Waals surface area contributed by atoms with Crippen molar-refractivity contribution in [2.24, 2.45) is 5.92 Å². The van der Waals surface area contributed by atoms with E-state index < -0.39 is 0 Å². The second kappa shape index (κ2) is 6.07. The van der Waals surface area contributed by atoms with Gasteiger partial charge in [0.05, 0.1) is 0 Å². The van der Waals surface area contributed by atoms with Crippen LogP contribution in [0.25, 0.3) is 0 Å². The van der Waals surface area contributed by atoms with Gasteiger partial charge in [0.25, 0.3) is 0 Å². The molecule has 18 heavy (non-hydrogen) atoms. The van der Waals surface area contributed by atoms with Crippen molar-refractivity contribution in [3.8, 4) is 0 Å². The minimum Gasteiger partial charge on any atom is -0.368 e. The maximum absolute atomic E-state index is 3.61. The number of nitrogens with zero attached hydrogens (tertiary/aromatic N) is 1. The van der Waals surface area contributed by atoms with Gasteiger partial charge in [0, 0.05) is 28.8 Å². The van der Waals surface area contributed by atoms with Crippen LogP contribution in [0, 0.1) is 5.92 Å². The molecule has 3 unspecified atom stereocenters. The van der Waals surface area contributed by atoms with E-state index in [1.807, 2.05) is 0 Å². The van der Waals surface area contributed by atoms with Crippen LogP contribution in [-0.2, 0) is 0 Å². The number of anilines is 1. The van der Waals surface area contributed by atoms with Crippen molar-refractivity contribution in [3.63, 3.8) is 0 Å². The van der Waals surface area contributed by atoms with Gasteiger partial charge < -0.3 is 10.2 Å². The lowest BCUT2D eigenvalue weighted by Crippen LogP contribution is -2.53. The highest BCUT2D eigenvalue weighted by Gasteiger charge is 2.31. The minimum absolute atomic E-state index is 0.581. The highest BCUT2D eigenvalue weighted by Crippen LogP contribution is 2.30. The van der Waals surface area contributed by atoms with Crippen LogP contribution in [-0.4, -0.2) is 25.2 Å². The summed E-state index contributed by atoms with van der Waals surface area (Å²) in [4.78, 5) is 2.53. The predicted molar refractivity (Wildman–Crippen MR) is 82.2 cm³/mol. The monoisotopic (exact) mass is 310 g/mol. The summed E-state index contributed by atoms with van der Waals surface area (Å²) >= 11 is 3.56. The molecule has 0 amide bonds. The zero-order valence-electron chi connectivity index (χ0n) is 11.5. The third-order valence-corrected chi connectivity index (χ3v) is 4.67. The molecule has 1 aromatic rings. The molecule has 2 rings (SSSR count). The number of rotatable bonds is 3. The average Bonchev–Trinajstić information content (AvgIpc) is 2.35. The standard InChI is InChI=1S/C15H23BrN2/c1-4-17-15-8-9-18(12(3)11(15)2)14-7-5-6-13(16)10-14/h5-7,10-12,15,17H,4,8-9H2,1-3H3. The SMILES string of the molecule is CCNC1CCN(c2cccc(Br)c2)C(C)C1C.